The van der Waals surface area contributed by atoms with Crippen molar-refractivity contribution in [3.8, 4) is 5.75 Å². The Morgan fingerprint density at radius 2 is 1.96 bits per heavy atom. The van der Waals surface area contributed by atoms with Gasteiger partial charge in [-0.1, -0.05) is 31.0 Å². The van der Waals surface area contributed by atoms with Crippen LogP contribution in [0.15, 0.2) is 24.3 Å². The molecule has 3 aliphatic rings. The van der Waals surface area contributed by atoms with Gasteiger partial charge >= 0.3 is 0 Å². The molecule has 4 rings (SSSR count). The minimum Gasteiger partial charge on any atom is -0.496 e. The maximum Gasteiger partial charge on any atom is 0.228 e. The minimum absolute atomic E-state index is 0. The molecule has 0 radical (unpaired) electrons. The average Bonchev–Trinajstić information content (AvgIpc) is 3.37. The number of amides is 2. The van der Waals surface area contributed by atoms with E-state index in [0.717, 1.165) is 30.7 Å². The summed E-state index contributed by atoms with van der Waals surface area (Å²) in [6.45, 7) is 2.74. The third-order valence-corrected chi connectivity index (χ3v) is 6.30. The fourth-order valence-corrected chi connectivity index (χ4v) is 4.89. The zero-order chi connectivity index (χ0) is 18.8. The zero-order valence-corrected chi connectivity index (χ0v) is 17.2. The Morgan fingerprint density at radius 3 is 2.71 bits per heavy atom. The topological polar surface area (TPSA) is 61.9 Å². The molecule has 0 bridgehead atoms. The van der Waals surface area contributed by atoms with E-state index in [2.05, 4.69) is 5.32 Å². The number of ether oxygens (including phenoxy) is 1. The summed E-state index contributed by atoms with van der Waals surface area (Å²) >= 11 is 0. The standard InChI is InChI=1S/C21H29N3O3.ClH/c1-27-19-9-5-4-8-17(19)18-13-22-10-11-23(18)21(26)15-12-20(25)24(14-15)16-6-2-3-7-16;/h4-5,8-9,15-16,18,22H,2-3,6-7,10-14H2,1H3;1H. The van der Waals surface area contributed by atoms with Gasteiger partial charge in [0.15, 0.2) is 0 Å². The lowest BCUT2D eigenvalue weighted by molar-refractivity contribution is -0.139. The number of carbonyl (C=O) groups is 2. The van der Waals surface area contributed by atoms with E-state index in [0.29, 0.717) is 32.1 Å². The van der Waals surface area contributed by atoms with Crippen LogP contribution in [0.5, 0.6) is 5.75 Å². The molecule has 1 N–H and O–H groups in total. The van der Waals surface area contributed by atoms with Crippen molar-refractivity contribution in [2.24, 2.45) is 5.92 Å². The molecule has 2 amide bonds. The number of piperazine rings is 1. The average molecular weight is 408 g/mol. The molecule has 1 aliphatic carbocycles. The van der Waals surface area contributed by atoms with Gasteiger partial charge in [-0.05, 0) is 18.9 Å². The number of nitrogens with zero attached hydrogens (tertiary/aromatic N) is 2. The number of hydrogen-bond acceptors (Lipinski definition) is 4. The first-order valence-corrected chi connectivity index (χ1v) is 10.1. The molecule has 3 fully saturated rings. The van der Waals surface area contributed by atoms with Gasteiger partial charge in [0.2, 0.25) is 11.8 Å². The van der Waals surface area contributed by atoms with Gasteiger partial charge in [0, 0.05) is 44.2 Å². The van der Waals surface area contributed by atoms with E-state index in [1.807, 2.05) is 34.1 Å². The van der Waals surface area contributed by atoms with Crippen molar-refractivity contribution in [2.75, 3.05) is 33.3 Å². The van der Waals surface area contributed by atoms with Crippen molar-refractivity contribution < 1.29 is 14.3 Å². The van der Waals surface area contributed by atoms with Gasteiger partial charge in [0.25, 0.3) is 0 Å². The molecule has 1 aromatic rings. The maximum absolute atomic E-state index is 13.4. The molecule has 2 unspecified atom stereocenters. The van der Waals surface area contributed by atoms with E-state index in [1.165, 1.54) is 12.8 Å². The summed E-state index contributed by atoms with van der Waals surface area (Å²) in [5.41, 5.74) is 1.03. The molecule has 6 nitrogen and oxygen atoms in total. The molecule has 154 valence electrons. The highest BCUT2D eigenvalue weighted by molar-refractivity contribution is 5.89. The van der Waals surface area contributed by atoms with E-state index in [4.69, 9.17) is 4.74 Å². The summed E-state index contributed by atoms with van der Waals surface area (Å²) in [5.74, 6) is 0.859. The van der Waals surface area contributed by atoms with Crippen LogP contribution in [-0.2, 0) is 9.59 Å². The third-order valence-electron chi connectivity index (χ3n) is 6.30. The van der Waals surface area contributed by atoms with Gasteiger partial charge in [-0.25, -0.2) is 0 Å². The molecular weight excluding hydrogens is 378 g/mol. The van der Waals surface area contributed by atoms with E-state index < -0.39 is 0 Å². The molecule has 1 aromatic carbocycles. The van der Waals surface area contributed by atoms with Crippen LogP contribution >= 0.6 is 12.4 Å². The number of benzene rings is 1. The van der Waals surface area contributed by atoms with Crippen molar-refractivity contribution in [3.05, 3.63) is 29.8 Å². The van der Waals surface area contributed by atoms with Gasteiger partial charge in [-0.3, -0.25) is 9.59 Å². The third kappa shape index (κ3) is 3.98. The highest BCUT2D eigenvalue weighted by Crippen LogP contribution is 2.34. The molecule has 2 atom stereocenters. The van der Waals surface area contributed by atoms with Crippen LogP contribution in [0.1, 0.15) is 43.7 Å². The summed E-state index contributed by atoms with van der Waals surface area (Å²) in [6, 6.07) is 8.19. The predicted octanol–water partition coefficient (Wildman–Crippen LogP) is 2.38. The van der Waals surface area contributed by atoms with Gasteiger partial charge in [-0.2, -0.15) is 0 Å². The highest BCUT2D eigenvalue weighted by Gasteiger charge is 2.42. The fourth-order valence-electron chi connectivity index (χ4n) is 4.89. The normalized spacial score (nSPS) is 25.7. The van der Waals surface area contributed by atoms with Crippen LogP contribution in [0, 0.1) is 5.92 Å². The highest BCUT2D eigenvalue weighted by atomic mass is 35.5. The molecule has 2 saturated heterocycles. The van der Waals surface area contributed by atoms with Crippen LogP contribution in [0.2, 0.25) is 0 Å². The minimum atomic E-state index is -0.214. The second-order valence-corrected chi connectivity index (χ2v) is 7.88. The summed E-state index contributed by atoms with van der Waals surface area (Å²) in [7, 11) is 1.66. The lowest BCUT2D eigenvalue weighted by Gasteiger charge is -2.38. The number of carbonyl (C=O) groups excluding carboxylic acids is 2. The van der Waals surface area contributed by atoms with Crippen molar-refractivity contribution >= 4 is 24.2 Å². The summed E-state index contributed by atoms with van der Waals surface area (Å²) in [5, 5.41) is 3.40. The maximum atomic E-state index is 13.4. The number of likely N-dealkylation sites (tertiary alicyclic amines) is 1. The summed E-state index contributed by atoms with van der Waals surface area (Å²) in [6.07, 6.45) is 4.92. The fraction of sp³-hybridized carbons (Fsp3) is 0.619. The van der Waals surface area contributed by atoms with Crippen LogP contribution < -0.4 is 10.1 Å². The quantitative estimate of drug-likeness (QED) is 0.832. The number of rotatable bonds is 4. The lowest BCUT2D eigenvalue weighted by atomic mass is 9.99. The van der Waals surface area contributed by atoms with Gasteiger partial charge < -0.3 is 19.9 Å². The molecule has 0 aromatic heterocycles. The Bertz CT molecular complexity index is 708. The number of methoxy groups -OCH3 is 1. The number of halogens is 1. The molecule has 7 heteroatoms. The molecule has 28 heavy (non-hydrogen) atoms. The van der Waals surface area contributed by atoms with Crippen LogP contribution in [0.3, 0.4) is 0 Å². The van der Waals surface area contributed by atoms with E-state index in [-0.39, 0.29) is 36.2 Å². The molecule has 2 aliphatic heterocycles. The number of nitrogens with one attached hydrogen (secondary N) is 1. The van der Waals surface area contributed by atoms with Crippen molar-refractivity contribution in [1.29, 1.82) is 0 Å². The molecular formula is C21H30ClN3O3. The molecule has 1 saturated carbocycles. The second kappa shape index (κ2) is 9.14. The monoisotopic (exact) mass is 407 g/mol. The first-order valence-electron chi connectivity index (χ1n) is 10.1. The molecule has 2 heterocycles. The van der Waals surface area contributed by atoms with Crippen molar-refractivity contribution in [3.63, 3.8) is 0 Å². The van der Waals surface area contributed by atoms with E-state index in [9.17, 15) is 9.59 Å². The zero-order valence-electron chi connectivity index (χ0n) is 16.4. The Balaban J connectivity index is 0.00000225. The van der Waals surface area contributed by atoms with Crippen molar-refractivity contribution in [2.45, 2.75) is 44.2 Å². The van der Waals surface area contributed by atoms with Gasteiger partial charge in [-0.15, -0.1) is 12.4 Å². The van der Waals surface area contributed by atoms with Crippen LogP contribution in [0.4, 0.5) is 0 Å². The Morgan fingerprint density at radius 1 is 1.21 bits per heavy atom. The second-order valence-electron chi connectivity index (χ2n) is 7.88. The largest absolute Gasteiger partial charge is 0.496 e. The first-order chi connectivity index (χ1) is 13.2. The van der Waals surface area contributed by atoms with Crippen LogP contribution in [0.25, 0.3) is 0 Å². The Labute approximate surface area is 173 Å². The molecule has 0 spiro atoms. The van der Waals surface area contributed by atoms with Crippen molar-refractivity contribution in [1.82, 2.24) is 15.1 Å². The predicted molar refractivity (Wildman–Crippen MR) is 110 cm³/mol. The number of para-hydroxylation sites is 1. The number of hydrogen-bond donors (Lipinski definition) is 1. The summed E-state index contributed by atoms with van der Waals surface area (Å²) < 4.78 is 5.53. The SMILES string of the molecule is COc1ccccc1C1CNCCN1C(=O)C1CC(=O)N(C2CCCC2)C1.Cl. The van der Waals surface area contributed by atoms with Crippen LogP contribution in [-0.4, -0.2) is 60.9 Å². The van der Waals surface area contributed by atoms with Gasteiger partial charge in [0.1, 0.15) is 5.75 Å². The van der Waals surface area contributed by atoms with E-state index in [1.54, 1.807) is 7.11 Å². The lowest BCUT2D eigenvalue weighted by Crippen LogP contribution is -2.51. The first kappa shape index (κ1) is 20.9. The smallest absolute Gasteiger partial charge is 0.228 e. The Kier molecular flexibility index (Phi) is 6.83. The Hall–Kier alpha value is -1.79. The summed E-state index contributed by atoms with van der Waals surface area (Å²) in [4.78, 5) is 29.8. The van der Waals surface area contributed by atoms with E-state index >= 15 is 0 Å². The van der Waals surface area contributed by atoms with Gasteiger partial charge in [0.05, 0.1) is 19.1 Å².